The average molecular weight is 431 g/mol. The highest BCUT2D eigenvalue weighted by Crippen LogP contribution is 2.05. The van der Waals surface area contributed by atoms with E-state index in [4.69, 9.17) is 16.6 Å². The Kier molecular flexibility index (Phi) is 11.6. The Hall–Kier alpha value is -2.73. The molecule has 0 aromatic heterocycles. The van der Waals surface area contributed by atoms with E-state index in [1.165, 1.54) is 0 Å². The van der Waals surface area contributed by atoms with Crippen molar-refractivity contribution < 1.29 is 34.2 Å². The van der Waals surface area contributed by atoms with E-state index in [1.54, 1.807) is 27.7 Å². The number of primary amides is 1. The summed E-state index contributed by atoms with van der Waals surface area (Å²) in [5.74, 6) is -5.03. The van der Waals surface area contributed by atoms with Gasteiger partial charge in [0.15, 0.2) is 0 Å². The number of carbonyl (C=O) groups excluding carboxylic acids is 4. The third kappa shape index (κ3) is 9.18. The topological polar surface area (TPSA) is 214 Å². The van der Waals surface area contributed by atoms with E-state index in [1.807, 2.05) is 0 Å². The van der Waals surface area contributed by atoms with Gasteiger partial charge in [0, 0.05) is 6.42 Å². The Balaban J connectivity index is 5.30. The van der Waals surface area contributed by atoms with Crippen LogP contribution in [-0.2, 0) is 24.0 Å². The number of carboxylic acid groups (broad SMARTS) is 1. The summed E-state index contributed by atoms with van der Waals surface area (Å²) in [7, 11) is 0. The molecule has 0 aliphatic heterocycles. The first-order valence-electron chi connectivity index (χ1n) is 9.60. The second-order valence-electron chi connectivity index (χ2n) is 7.65. The van der Waals surface area contributed by atoms with Crippen molar-refractivity contribution in [2.45, 2.75) is 64.7 Å². The standard InChI is InChI=1S/C18H33N5O7/c1-8(2)13(20)17(28)21-10(5-6-12(19)25)15(26)22-11(7-24)16(27)23-14(9(3)4)18(29)30/h8-11,13-14,24H,5-7,20H2,1-4H3,(H2,19,25)(H,21,28)(H,22,26)(H,23,27)(H,29,30). The minimum atomic E-state index is -1.47. The van der Waals surface area contributed by atoms with Crippen LogP contribution in [-0.4, -0.2) is 70.6 Å². The van der Waals surface area contributed by atoms with Crippen molar-refractivity contribution in [1.29, 1.82) is 0 Å². The molecule has 0 heterocycles. The highest BCUT2D eigenvalue weighted by molar-refractivity contribution is 5.94. The summed E-state index contributed by atoms with van der Waals surface area (Å²) in [4.78, 5) is 59.4. The number of rotatable bonds is 13. The zero-order valence-corrected chi connectivity index (χ0v) is 17.7. The SMILES string of the molecule is CC(C)C(N)C(=O)NC(CCC(N)=O)C(=O)NC(CO)C(=O)NC(C(=O)O)C(C)C. The lowest BCUT2D eigenvalue weighted by molar-refractivity contribution is -0.143. The predicted molar refractivity (Wildman–Crippen MR) is 107 cm³/mol. The Labute approximate surface area is 175 Å². The molecule has 0 aliphatic carbocycles. The highest BCUT2D eigenvalue weighted by atomic mass is 16.4. The summed E-state index contributed by atoms with van der Waals surface area (Å²) >= 11 is 0. The van der Waals surface area contributed by atoms with Gasteiger partial charge < -0.3 is 37.6 Å². The Morgan fingerprint density at radius 3 is 1.73 bits per heavy atom. The summed E-state index contributed by atoms with van der Waals surface area (Å²) < 4.78 is 0. The van der Waals surface area contributed by atoms with Crippen LogP contribution in [0.3, 0.4) is 0 Å². The van der Waals surface area contributed by atoms with Gasteiger partial charge in [-0.2, -0.15) is 0 Å². The quantitative estimate of drug-likeness (QED) is 0.164. The summed E-state index contributed by atoms with van der Waals surface area (Å²) in [5, 5.41) is 25.5. The predicted octanol–water partition coefficient (Wildman–Crippen LogP) is -2.58. The van der Waals surface area contributed by atoms with Gasteiger partial charge in [-0.15, -0.1) is 0 Å². The van der Waals surface area contributed by atoms with Gasteiger partial charge in [-0.05, 0) is 18.3 Å². The number of carbonyl (C=O) groups is 5. The molecule has 9 N–H and O–H groups in total. The average Bonchev–Trinajstić information content (AvgIpc) is 2.65. The fourth-order valence-corrected chi connectivity index (χ4v) is 2.36. The molecule has 0 aromatic carbocycles. The molecule has 4 atom stereocenters. The molecule has 0 radical (unpaired) electrons. The molecular formula is C18H33N5O7. The third-order valence-corrected chi connectivity index (χ3v) is 4.38. The van der Waals surface area contributed by atoms with Gasteiger partial charge in [0.05, 0.1) is 12.6 Å². The maximum atomic E-state index is 12.6. The molecule has 12 heteroatoms. The van der Waals surface area contributed by atoms with E-state index < -0.39 is 66.3 Å². The number of carboxylic acids is 1. The maximum Gasteiger partial charge on any atom is 0.326 e. The molecule has 0 saturated heterocycles. The lowest BCUT2D eigenvalue weighted by Gasteiger charge is -2.25. The molecule has 0 aliphatic rings. The van der Waals surface area contributed by atoms with Crippen LogP contribution in [0.15, 0.2) is 0 Å². The number of hydrogen-bond donors (Lipinski definition) is 7. The Bertz CT molecular complexity index is 638. The largest absolute Gasteiger partial charge is 0.480 e. The second kappa shape index (κ2) is 12.8. The Morgan fingerprint density at radius 1 is 0.833 bits per heavy atom. The third-order valence-electron chi connectivity index (χ3n) is 4.38. The first kappa shape index (κ1) is 27.3. The zero-order chi connectivity index (χ0) is 23.6. The number of aliphatic carboxylic acids is 1. The molecule has 30 heavy (non-hydrogen) atoms. The Morgan fingerprint density at radius 2 is 1.33 bits per heavy atom. The van der Waals surface area contributed by atoms with Gasteiger partial charge in [0.2, 0.25) is 23.6 Å². The number of aliphatic hydroxyl groups is 1. The van der Waals surface area contributed by atoms with E-state index in [2.05, 4.69) is 16.0 Å². The van der Waals surface area contributed by atoms with Crippen molar-refractivity contribution in [3.05, 3.63) is 0 Å². The highest BCUT2D eigenvalue weighted by Gasteiger charge is 2.31. The van der Waals surface area contributed by atoms with Crippen LogP contribution in [0.5, 0.6) is 0 Å². The van der Waals surface area contributed by atoms with E-state index in [0.717, 1.165) is 0 Å². The molecule has 0 rings (SSSR count). The summed E-state index contributed by atoms with van der Waals surface area (Å²) in [5.41, 5.74) is 10.9. The molecule has 4 unspecified atom stereocenters. The lowest BCUT2D eigenvalue weighted by atomic mass is 10.0. The number of hydrogen-bond acceptors (Lipinski definition) is 7. The monoisotopic (exact) mass is 431 g/mol. The fraction of sp³-hybridized carbons (Fsp3) is 0.722. The number of aliphatic hydroxyl groups excluding tert-OH is 1. The first-order chi connectivity index (χ1) is 13.8. The smallest absolute Gasteiger partial charge is 0.326 e. The molecule has 0 spiro atoms. The van der Waals surface area contributed by atoms with Crippen LogP contribution in [0, 0.1) is 11.8 Å². The van der Waals surface area contributed by atoms with Gasteiger partial charge in [-0.1, -0.05) is 27.7 Å². The minimum Gasteiger partial charge on any atom is -0.480 e. The summed E-state index contributed by atoms with van der Waals surface area (Å²) in [6, 6.07) is -4.84. The van der Waals surface area contributed by atoms with E-state index in [9.17, 15) is 29.1 Å². The minimum absolute atomic E-state index is 0.152. The first-order valence-corrected chi connectivity index (χ1v) is 9.60. The fourth-order valence-electron chi connectivity index (χ4n) is 2.36. The van der Waals surface area contributed by atoms with Crippen LogP contribution >= 0.6 is 0 Å². The lowest BCUT2D eigenvalue weighted by Crippen LogP contribution is -2.59. The van der Waals surface area contributed by atoms with Crippen LogP contribution in [0.25, 0.3) is 0 Å². The van der Waals surface area contributed by atoms with Gasteiger partial charge in [-0.25, -0.2) is 4.79 Å². The molecule has 0 saturated carbocycles. The van der Waals surface area contributed by atoms with Crippen molar-refractivity contribution in [1.82, 2.24) is 16.0 Å². The normalized spacial score (nSPS) is 15.1. The van der Waals surface area contributed by atoms with Crippen LogP contribution in [0.2, 0.25) is 0 Å². The summed E-state index contributed by atoms with van der Waals surface area (Å²) in [6.07, 6.45) is -0.374. The van der Waals surface area contributed by atoms with Gasteiger partial charge in [0.1, 0.15) is 18.1 Å². The van der Waals surface area contributed by atoms with Crippen molar-refractivity contribution in [3.63, 3.8) is 0 Å². The zero-order valence-electron chi connectivity index (χ0n) is 17.7. The van der Waals surface area contributed by atoms with Crippen LogP contribution < -0.4 is 27.4 Å². The maximum absolute atomic E-state index is 12.6. The molecule has 0 fully saturated rings. The number of nitrogens with two attached hydrogens (primary N) is 2. The number of nitrogens with one attached hydrogen (secondary N) is 3. The van der Waals surface area contributed by atoms with Crippen molar-refractivity contribution >= 4 is 29.6 Å². The van der Waals surface area contributed by atoms with E-state index in [-0.39, 0.29) is 18.8 Å². The van der Waals surface area contributed by atoms with Crippen molar-refractivity contribution in [2.24, 2.45) is 23.3 Å². The molecule has 0 bridgehead atoms. The van der Waals surface area contributed by atoms with Gasteiger partial charge in [-0.3, -0.25) is 19.2 Å². The summed E-state index contributed by atoms with van der Waals surface area (Å²) in [6.45, 7) is 5.77. The molecule has 4 amide bonds. The molecule has 0 aromatic rings. The second-order valence-corrected chi connectivity index (χ2v) is 7.65. The number of amides is 4. The van der Waals surface area contributed by atoms with Crippen molar-refractivity contribution in [2.75, 3.05) is 6.61 Å². The van der Waals surface area contributed by atoms with E-state index in [0.29, 0.717) is 0 Å². The van der Waals surface area contributed by atoms with Crippen LogP contribution in [0.4, 0.5) is 0 Å². The van der Waals surface area contributed by atoms with Crippen molar-refractivity contribution in [3.8, 4) is 0 Å². The van der Waals surface area contributed by atoms with Gasteiger partial charge in [0.25, 0.3) is 0 Å². The van der Waals surface area contributed by atoms with Gasteiger partial charge >= 0.3 is 5.97 Å². The molecule has 172 valence electrons. The molecular weight excluding hydrogens is 398 g/mol. The van der Waals surface area contributed by atoms with E-state index >= 15 is 0 Å². The molecule has 12 nitrogen and oxygen atoms in total. The van der Waals surface area contributed by atoms with Crippen LogP contribution in [0.1, 0.15) is 40.5 Å².